The molecule has 0 saturated heterocycles. The van der Waals surface area contributed by atoms with Gasteiger partial charge in [0.1, 0.15) is 0 Å². The van der Waals surface area contributed by atoms with Crippen LogP contribution in [0.5, 0.6) is 0 Å². The first-order chi connectivity index (χ1) is 9.10. The molecule has 0 atom stereocenters. The lowest BCUT2D eigenvalue weighted by Gasteiger charge is -2.04. The van der Waals surface area contributed by atoms with E-state index in [1.807, 2.05) is 12.1 Å². The third-order valence-corrected chi connectivity index (χ3v) is 4.27. The summed E-state index contributed by atoms with van der Waals surface area (Å²) in [6, 6.07) is 13.4. The molecule has 0 fully saturated rings. The van der Waals surface area contributed by atoms with Crippen molar-refractivity contribution in [2.45, 2.75) is 19.8 Å². The van der Waals surface area contributed by atoms with Crippen molar-refractivity contribution in [2.24, 2.45) is 0 Å². The number of carbonyl (C=O) groups is 1. The predicted octanol–water partition coefficient (Wildman–Crippen LogP) is 5.09. The molecule has 19 heavy (non-hydrogen) atoms. The van der Waals surface area contributed by atoms with Crippen LogP contribution in [0.4, 0.5) is 0 Å². The predicted molar refractivity (Wildman–Crippen MR) is 83.0 cm³/mol. The van der Waals surface area contributed by atoms with Gasteiger partial charge in [-0.1, -0.05) is 48.9 Å². The minimum atomic E-state index is 0.0821. The molecule has 0 radical (unpaired) electrons. The number of benzene rings is 2. The highest BCUT2D eigenvalue weighted by molar-refractivity contribution is 9.10. The van der Waals surface area contributed by atoms with E-state index in [1.165, 1.54) is 5.56 Å². The summed E-state index contributed by atoms with van der Waals surface area (Å²) in [7, 11) is 0. The molecule has 0 bridgehead atoms. The molecular weight excluding hydrogens is 324 g/mol. The van der Waals surface area contributed by atoms with Crippen molar-refractivity contribution in [3.8, 4) is 0 Å². The quantitative estimate of drug-likeness (QED) is 0.710. The lowest BCUT2D eigenvalue weighted by molar-refractivity contribution is 0.0993. The molecule has 1 nitrogen and oxygen atoms in total. The molecule has 0 spiro atoms. The average molecular weight is 338 g/mol. The van der Waals surface area contributed by atoms with Crippen LogP contribution in [0.25, 0.3) is 0 Å². The highest BCUT2D eigenvalue weighted by Gasteiger charge is 2.09. The first-order valence-electron chi connectivity index (χ1n) is 6.16. The molecule has 2 aromatic rings. The maximum Gasteiger partial charge on any atom is 0.167 e. The van der Waals surface area contributed by atoms with Crippen LogP contribution in [0.2, 0.25) is 5.02 Å². The van der Waals surface area contributed by atoms with Crippen molar-refractivity contribution in [3.63, 3.8) is 0 Å². The Kier molecular flexibility index (Phi) is 4.78. The second-order valence-electron chi connectivity index (χ2n) is 4.40. The van der Waals surface area contributed by atoms with Gasteiger partial charge in [-0.3, -0.25) is 4.79 Å². The molecule has 3 heteroatoms. The van der Waals surface area contributed by atoms with Gasteiger partial charge in [0.15, 0.2) is 5.78 Å². The van der Waals surface area contributed by atoms with Crippen molar-refractivity contribution in [1.29, 1.82) is 0 Å². The Morgan fingerprint density at radius 3 is 2.32 bits per heavy atom. The van der Waals surface area contributed by atoms with Gasteiger partial charge < -0.3 is 0 Å². The Hall–Kier alpha value is -1.12. The first kappa shape index (κ1) is 14.3. The van der Waals surface area contributed by atoms with Crippen molar-refractivity contribution in [3.05, 3.63) is 68.7 Å². The van der Waals surface area contributed by atoms with Crippen LogP contribution in [0.3, 0.4) is 0 Å². The molecule has 0 aromatic heterocycles. The fraction of sp³-hybridized carbons (Fsp3) is 0.188. The average Bonchev–Trinajstić information content (AvgIpc) is 2.42. The van der Waals surface area contributed by atoms with Gasteiger partial charge in [0.05, 0.1) is 5.02 Å². The maximum absolute atomic E-state index is 12.2. The Morgan fingerprint density at radius 2 is 1.74 bits per heavy atom. The number of rotatable bonds is 4. The number of halogens is 2. The summed E-state index contributed by atoms with van der Waals surface area (Å²) >= 11 is 9.32. The van der Waals surface area contributed by atoms with Gasteiger partial charge in [-0.05, 0) is 45.6 Å². The summed E-state index contributed by atoms with van der Waals surface area (Å²) in [4.78, 5) is 12.2. The number of carbonyl (C=O) groups excluding carboxylic acids is 1. The Labute approximate surface area is 126 Å². The van der Waals surface area contributed by atoms with Crippen molar-refractivity contribution in [1.82, 2.24) is 0 Å². The standard InChI is InChI=1S/C16H14BrClO/c1-2-11-3-5-12(6-4-11)9-16(19)13-7-8-14(17)15(18)10-13/h3-8,10H,2,9H2,1H3. The highest BCUT2D eigenvalue weighted by atomic mass is 79.9. The summed E-state index contributed by atoms with van der Waals surface area (Å²) in [5, 5.41) is 0.562. The SMILES string of the molecule is CCc1ccc(CC(=O)c2ccc(Br)c(Cl)c2)cc1. The van der Waals surface area contributed by atoms with Gasteiger partial charge >= 0.3 is 0 Å². The van der Waals surface area contributed by atoms with E-state index in [1.54, 1.807) is 18.2 Å². The van der Waals surface area contributed by atoms with Gasteiger partial charge in [-0.15, -0.1) is 0 Å². The second kappa shape index (κ2) is 6.36. The van der Waals surface area contributed by atoms with Crippen molar-refractivity contribution < 1.29 is 4.79 Å². The molecule has 0 aliphatic carbocycles. The Bertz CT molecular complexity index is 590. The summed E-state index contributed by atoms with van der Waals surface area (Å²) in [6.45, 7) is 2.12. The number of hydrogen-bond acceptors (Lipinski definition) is 1. The lowest BCUT2D eigenvalue weighted by atomic mass is 10.0. The van der Waals surface area contributed by atoms with Gasteiger partial charge in [0.25, 0.3) is 0 Å². The highest BCUT2D eigenvalue weighted by Crippen LogP contribution is 2.23. The zero-order chi connectivity index (χ0) is 13.8. The van der Waals surface area contributed by atoms with Crippen LogP contribution in [0.1, 0.15) is 28.4 Å². The molecule has 0 amide bonds. The van der Waals surface area contributed by atoms with Crippen LogP contribution in [-0.2, 0) is 12.8 Å². The van der Waals surface area contributed by atoms with Crippen molar-refractivity contribution in [2.75, 3.05) is 0 Å². The van der Waals surface area contributed by atoms with E-state index in [4.69, 9.17) is 11.6 Å². The summed E-state index contributed by atoms with van der Waals surface area (Å²) in [6.07, 6.45) is 1.42. The fourth-order valence-electron chi connectivity index (χ4n) is 1.85. The van der Waals surface area contributed by atoms with Crippen LogP contribution >= 0.6 is 27.5 Å². The summed E-state index contributed by atoms with van der Waals surface area (Å²) in [5.41, 5.74) is 2.96. The minimum absolute atomic E-state index is 0.0821. The molecule has 0 heterocycles. The summed E-state index contributed by atoms with van der Waals surface area (Å²) < 4.78 is 0.804. The van der Waals surface area contributed by atoms with Crippen LogP contribution in [-0.4, -0.2) is 5.78 Å². The number of aryl methyl sites for hydroxylation is 1. The second-order valence-corrected chi connectivity index (χ2v) is 5.66. The fourth-order valence-corrected chi connectivity index (χ4v) is 2.28. The molecule has 0 aliphatic rings. The van der Waals surface area contributed by atoms with E-state index in [-0.39, 0.29) is 5.78 Å². The smallest absolute Gasteiger partial charge is 0.167 e. The third-order valence-electron chi connectivity index (χ3n) is 3.04. The molecule has 0 aliphatic heterocycles. The lowest BCUT2D eigenvalue weighted by Crippen LogP contribution is -2.03. The molecule has 98 valence electrons. The molecule has 2 rings (SSSR count). The third kappa shape index (κ3) is 3.68. The minimum Gasteiger partial charge on any atom is -0.294 e. The van der Waals surface area contributed by atoms with Gasteiger partial charge in [0.2, 0.25) is 0 Å². The van der Waals surface area contributed by atoms with Crippen LogP contribution < -0.4 is 0 Å². The maximum atomic E-state index is 12.2. The molecular formula is C16H14BrClO. The number of Topliss-reactive ketones (excluding diaryl/α,β-unsaturated/α-hetero) is 1. The zero-order valence-electron chi connectivity index (χ0n) is 10.6. The Morgan fingerprint density at radius 1 is 1.11 bits per heavy atom. The first-order valence-corrected chi connectivity index (χ1v) is 7.33. The largest absolute Gasteiger partial charge is 0.294 e. The zero-order valence-corrected chi connectivity index (χ0v) is 13.0. The van der Waals surface area contributed by atoms with Crippen molar-refractivity contribution >= 4 is 33.3 Å². The van der Waals surface area contributed by atoms with Gasteiger partial charge in [-0.2, -0.15) is 0 Å². The van der Waals surface area contributed by atoms with Crippen LogP contribution in [0, 0.1) is 0 Å². The van der Waals surface area contributed by atoms with E-state index in [2.05, 4.69) is 35.0 Å². The van der Waals surface area contributed by atoms with E-state index in [9.17, 15) is 4.79 Å². The van der Waals surface area contributed by atoms with E-state index >= 15 is 0 Å². The topological polar surface area (TPSA) is 17.1 Å². The molecule has 0 saturated carbocycles. The number of hydrogen-bond donors (Lipinski definition) is 0. The Balaban J connectivity index is 2.13. The summed E-state index contributed by atoms with van der Waals surface area (Å²) in [5.74, 6) is 0.0821. The van der Waals surface area contributed by atoms with E-state index in [0.29, 0.717) is 17.0 Å². The molecule has 2 aromatic carbocycles. The van der Waals surface area contributed by atoms with Gasteiger partial charge in [-0.25, -0.2) is 0 Å². The molecule has 0 N–H and O–H groups in total. The number of ketones is 1. The molecule has 0 unspecified atom stereocenters. The normalized spacial score (nSPS) is 10.5. The van der Waals surface area contributed by atoms with Gasteiger partial charge in [0, 0.05) is 16.5 Å². The van der Waals surface area contributed by atoms with E-state index in [0.717, 1.165) is 16.5 Å². The monoisotopic (exact) mass is 336 g/mol. The van der Waals surface area contributed by atoms with E-state index < -0.39 is 0 Å². The van der Waals surface area contributed by atoms with Crippen LogP contribution in [0.15, 0.2) is 46.9 Å².